The third-order valence-corrected chi connectivity index (χ3v) is 2.38. The van der Waals surface area contributed by atoms with E-state index in [9.17, 15) is 9.59 Å². The molecular formula is C11H17NO3. The Bertz CT molecular complexity index is 267. The maximum Gasteiger partial charge on any atom is 0.333 e. The van der Waals surface area contributed by atoms with Crippen molar-refractivity contribution in [3.05, 3.63) is 12.2 Å². The zero-order chi connectivity index (χ0) is 11.3. The van der Waals surface area contributed by atoms with E-state index in [4.69, 9.17) is 4.74 Å². The smallest absolute Gasteiger partial charge is 0.333 e. The number of esters is 1. The molecule has 1 rings (SSSR count). The fraction of sp³-hybridized carbons (Fsp3) is 0.636. The molecule has 0 aromatic heterocycles. The van der Waals surface area contributed by atoms with Crippen LogP contribution in [0.4, 0.5) is 0 Å². The molecule has 15 heavy (non-hydrogen) atoms. The molecule has 0 bridgehead atoms. The molecule has 1 amide bonds. The zero-order valence-corrected chi connectivity index (χ0v) is 9.12. The summed E-state index contributed by atoms with van der Waals surface area (Å²) < 4.78 is 4.79. The summed E-state index contributed by atoms with van der Waals surface area (Å²) >= 11 is 0. The van der Waals surface area contributed by atoms with Crippen molar-refractivity contribution >= 4 is 11.9 Å². The van der Waals surface area contributed by atoms with Gasteiger partial charge in [-0.05, 0) is 26.2 Å². The van der Waals surface area contributed by atoms with Gasteiger partial charge in [0.15, 0.2) is 6.61 Å². The molecule has 0 atom stereocenters. The van der Waals surface area contributed by atoms with Gasteiger partial charge in [-0.15, -0.1) is 0 Å². The van der Waals surface area contributed by atoms with Gasteiger partial charge in [-0.1, -0.05) is 6.58 Å². The van der Waals surface area contributed by atoms with E-state index in [1.807, 2.05) is 0 Å². The topological polar surface area (TPSA) is 46.6 Å². The number of hydrogen-bond donors (Lipinski definition) is 0. The summed E-state index contributed by atoms with van der Waals surface area (Å²) in [5.74, 6) is -0.607. The van der Waals surface area contributed by atoms with E-state index < -0.39 is 5.97 Å². The highest BCUT2D eigenvalue weighted by Crippen LogP contribution is 2.08. The highest BCUT2D eigenvalue weighted by molar-refractivity contribution is 5.89. The Morgan fingerprint density at radius 3 is 2.40 bits per heavy atom. The van der Waals surface area contributed by atoms with Crippen LogP contribution >= 0.6 is 0 Å². The Morgan fingerprint density at radius 1 is 1.27 bits per heavy atom. The molecule has 4 nitrogen and oxygen atoms in total. The highest BCUT2D eigenvalue weighted by atomic mass is 16.5. The van der Waals surface area contributed by atoms with Crippen molar-refractivity contribution in [3.63, 3.8) is 0 Å². The van der Waals surface area contributed by atoms with Gasteiger partial charge in [0, 0.05) is 18.7 Å². The Labute approximate surface area is 89.9 Å². The average Bonchev–Trinajstić information content (AvgIpc) is 2.26. The van der Waals surface area contributed by atoms with E-state index >= 15 is 0 Å². The number of carbonyl (C=O) groups is 2. The molecule has 0 aromatic carbocycles. The molecule has 0 N–H and O–H groups in total. The number of ether oxygens (including phenoxy) is 1. The van der Waals surface area contributed by atoms with Crippen LogP contribution in [0.2, 0.25) is 0 Å². The Morgan fingerprint density at radius 2 is 1.87 bits per heavy atom. The third kappa shape index (κ3) is 3.73. The number of nitrogens with zero attached hydrogens (tertiary/aromatic N) is 1. The summed E-state index contributed by atoms with van der Waals surface area (Å²) in [6, 6.07) is 0. The number of rotatable bonds is 3. The molecule has 0 radical (unpaired) electrons. The van der Waals surface area contributed by atoms with Crippen LogP contribution < -0.4 is 0 Å². The van der Waals surface area contributed by atoms with Crippen LogP contribution in [0.5, 0.6) is 0 Å². The first-order valence-corrected chi connectivity index (χ1v) is 5.21. The molecule has 0 saturated carbocycles. The van der Waals surface area contributed by atoms with Crippen LogP contribution in [0.25, 0.3) is 0 Å². The van der Waals surface area contributed by atoms with Crippen LogP contribution in [0, 0.1) is 0 Å². The van der Waals surface area contributed by atoms with Crippen molar-refractivity contribution in [3.8, 4) is 0 Å². The molecule has 4 heteroatoms. The van der Waals surface area contributed by atoms with Crippen LogP contribution in [0.15, 0.2) is 12.2 Å². The molecule has 1 saturated heterocycles. The van der Waals surface area contributed by atoms with Crippen molar-refractivity contribution in [2.75, 3.05) is 19.7 Å². The monoisotopic (exact) mass is 211 g/mol. The van der Waals surface area contributed by atoms with Gasteiger partial charge in [0.2, 0.25) is 0 Å². The van der Waals surface area contributed by atoms with Crippen molar-refractivity contribution < 1.29 is 14.3 Å². The molecular weight excluding hydrogens is 194 g/mol. The summed E-state index contributed by atoms with van der Waals surface area (Å²) in [4.78, 5) is 24.3. The van der Waals surface area contributed by atoms with Crippen molar-refractivity contribution in [1.82, 2.24) is 4.90 Å². The number of amides is 1. The fourth-order valence-corrected chi connectivity index (χ4v) is 1.49. The van der Waals surface area contributed by atoms with Gasteiger partial charge >= 0.3 is 5.97 Å². The maximum absolute atomic E-state index is 11.5. The lowest BCUT2D eigenvalue weighted by atomic mass is 10.1. The van der Waals surface area contributed by atoms with E-state index in [-0.39, 0.29) is 12.5 Å². The molecule has 0 aliphatic carbocycles. The van der Waals surface area contributed by atoms with Gasteiger partial charge in [-0.2, -0.15) is 0 Å². The van der Waals surface area contributed by atoms with Crippen LogP contribution in [-0.2, 0) is 14.3 Å². The van der Waals surface area contributed by atoms with Crippen molar-refractivity contribution in [2.24, 2.45) is 0 Å². The molecule has 0 unspecified atom stereocenters. The number of piperidine rings is 1. The molecule has 1 heterocycles. The lowest BCUT2D eigenvalue weighted by molar-refractivity contribution is -0.149. The van der Waals surface area contributed by atoms with E-state index in [0.717, 1.165) is 25.9 Å². The second-order valence-corrected chi connectivity index (χ2v) is 3.80. The predicted octanol–water partition coefficient (Wildman–Crippen LogP) is 1.12. The van der Waals surface area contributed by atoms with Crippen molar-refractivity contribution in [2.45, 2.75) is 26.2 Å². The van der Waals surface area contributed by atoms with E-state index in [0.29, 0.717) is 5.57 Å². The van der Waals surface area contributed by atoms with Crippen molar-refractivity contribution in [1.29, 1.82) is 0 Å². The zero-order valence-electron chi connectivity index (χ0n) is 9.12. The first kappa shape index (κ1) is 11.8. The maximum atomic E-state index is 11.5. The van der Waals surface area contributed by atoms with Gasteiger partial charge in [-0.25, -0.2) is 4.79 Å². The largest absolute Gasteiger partial charge is 0.452 e. The second kappa shape index (κ2) is 5.53. The van der Waals surface area contributed by atoms with Gasteiger partial charge < -0.3 is 9.64 Å². The minimum Gasteiger partial charge on any atom is -0.452 e. The molecule has 1 fully saturated rings. The summed E-state index contributed by atoms with van der Waals surface area (Å²) in [6.45, 7) is 6.41. The lowest BCUT2D eigenvalue weighted by Crippen LogP contribution is -2.38. The van der Waals surface area contributed by atoms with Gasteiger partial charge in [-0.3, -0.25) is 4.79 Å². The highest BCUT2D eigenvalue weighted by Gasteiger charge is 2.17. The van der Waals surface area contributed by atoms with E-state index in [2.05, 4.69) is 6.58 Å². The number of carbonyl (C=O) groups excluding carboxylic acids is 2. The minimum absolute atomic E-state index is 0.107. The van der Waals surface area contributed by atoms with Gasteiger partial charge in [0.1, 0.15) is 0 Å². The third-order valence-electron chi connectivity index (χ3n) is 2.38. The van der Waals surface area contributed by atoms with E-state index in [1.165, 1.54) is 6.42 Å². The van der Waals surface area contributed by atoms with Crippen LogP contribution in [0.3, 0.4) is 0 Å². The van der Waals surface area contributed by atoms with Crippen LogP contribution in [0.1, 0.15) is 26.2 Å². The number of hydrogen-bond acceptors (Lipinski definition) is 3. The Hall–Kier alpha value is -1.32. The molecule has 1 aliphatic heterocycles. The second-order valence-electron chi connectivity index (χ2n) is 3.80. The first-order chi connectivity index (χ1) is 7.11. The quantitative estimate of drug-likeness (QED) is 0.519. The predicted molar refractivity (Wildman–Crippen MR) is 56.2 cm³/mol. The first-order valence-electron chi connectivity index (χ1n) is 5.21. The fourth-order valence-electron chi connectivity index (χ4n) is 1.49. The summed E-state index contributed by atoms with van der Waals surface area (Å²) in [5, 5.41) is 0. The van der Waals surface area contributed by atoms with E-state index in [1.54, 1.807) is 11.8 Å². The summed E-state index contributed by atoms with van der Waals surface area (Å²) in [5.41, 5.74) is 0.321. The molecule has 0 aromatic rings. The normalized spacial score (nSPS) is 15.9. The minimum atomic E-state index is -0.500. The molecule has 84 valence electrons. The Balaban J connectivity index is 2.28. The van der Waals surface area contributed by atoms with Gasteiger partial charge in [0.25, 0.3) is 5.91 Å². The molecule has 1 aliphatic rings. The SMILES string of the molecule is C=C(C)C(=O)OCC(=O)N1CCCCC1. The lowest BCUT2D eigenvalue weighted by Gasteiger charge is -2.26. The average molecular weight is 211 g/mol. The Kier molecular flexibility index (Phi) is 4.34. The standard InChI is InChI=1S/C11H17NO3/c1-9(2)11(14)15-8-10(13)12-6-4-3-5-7-12/h1,3-8H2,2H3. The summed E-state index contributed by atoms with van der Waals surface area (Å²) in [6.07, 6.45) is 3.26. The summed E-state index contributed by atoms with van der Waals surface area (Å²) in [7, 11) is 0. The number of likely N-dealkylation sites (tertiary alicyclic amines) is 1. The van der Waals surface area contributed by atoms with Gasteiger partial charge in [0.05, 0.1) is 0 Å². The molecule has 0 spiro atoms. The van der Waals surface area contributed by atoms with Crippen LogP contribution in [-0.4, -0.2) is 36.5 Å².